The first-order valence-corrected chi connectivity index (χ1v) is 6.20. The molecule has 2 aromatic rings. The van der Waals surface area contributed by atoms with Gasteiger partial charge in [0.2, 0.25) is 0 Å². The van der Waals surface area contributed by atoms with Crippen LogP contribution >= 0.6 is 0 Å². The molecule has 0 aliphatic carbocycles. The number of hydrogen-bond donors (Lipinski definition) is 1. The minimum atomic E-state index is -0.458. The molecule has 0 saturated carbocycles. The normalized spacial score (nSPS) is 12.7. The van der Waals surface area contributed by atoms with Crippen molar-refractivity contribution in [1.82, 2.24) is 19.7 Å². The smallest absolute Gasteiger partial charge is 0.162 e. The van der Waals surface area contributed by atoms with Gasteiger partial charge in [-0.2, -0.15) is 5.10 Å². The number of methoxy groups -OCH3 is 1. The van der Waals surface area contributed by atoms with Crippen LogP contribution in [0.2, 0.25) is 0 Å². The lowest BCUT2D eigenvalue weighted by Crippen LogP contribution is -2.21. The summed E-state index contributed by atoms with van der Waals surface area (Å²) in [6.45, 7) is 6.02. The number of nitrogens with zero attached hydrogens (tertiary/aromatic N) is 4. The van der Waals surface area contributed by atoms with E-state index in [0.717, 1.165) is 11.3 Å². The average Bonchev–Trinajstić information content (AvgIpc) is 2.82. The molecule has 6 nitrogen and oxygen atoms in total. The van der Waals surface area contributed by atoms with E-state index in [0.29, 0.717) is 11.6 Å². The third kappa shape index (κ3) is 2.58. The van der Waals surface area contributed by atoms with E-state index in [1.807, 2.05) is 25.5 Å². The van der Waals surface area contributed by atoms with Gasteiger partial charge in [0.15, 0.2) is 11.6 Å². The Hall–Kier alpha value is -1.95. The van der Waals surface area contributed by atoms with Crippen molar-refractivity contribution >= 4 is 0 Å². The summed E-state index contributed by atoms with van der Waals surface area (Å²) in [4.78, 5) is 8.55. The third-order valence-electron chi connectivity index (χ3n) is 2.88. The summed E-state index contributed by atoms with van der Waals surface area (Å²) in [6, 6.07) is -0.268. The molecule has 6 heteroatoms. The third-order valence-corrected chi connectivity index (χ3v) is 2.88. The zero-order valence-corrected chi connectivity index (χ0v) is 11.7. The molecule has 1 atom stereocenters. The van der Waals surface area contributed by atoms with E-state index >= 15 is 0 Å². The Balaban J connectivity index is 2.44. The molecule has 0 bridgehead atoms. The molecule has 0 radical (unpaired) electrons. The highest BCUT2D eigenvalue weighted by Gasteiger charge is 2.23. The molecule has 0 fully saturated rings. The molecule has 102 valence electrons. The Morgan fingerprint density at radius 2 is 1.84 bits per heavy atom. The summed E-state index contributed by atoms with van der Waals surface area (Å²) in [5, 5.41) is 4.31. The second-order valence-electron chi connectivity index (χ2n) is 4.73. The van der Waals surface area contributed by atoms with E-state index in [1.54, 1.807) is 25.7 Å². The van der Waals surface area contributed by atoms with Crippen LogP contribution in [-0.4, -0.2) is 26.9 Å². The van der Waals surface area contributed by atoms with Crippen molar-refractivity contribution in [2.45, 2.75) is 32.9 Å². The van der Waals surface area contributed by atoms with Crippen molar-refractivity contribution in [3.05, 3.63) is 35.7 Å². The molecule has 2 heterocycles. The van der Waals surface area contributed by atoms with Crippen molar-refractivity contribution < 1.29 is 4.74 Å². The van der Waals surface area contributed by atoms with Gasteiger partial charge in [0.25, 0.3) is 0 Å². The number of rotatable bonds is 4. The largest absolute Gasteiger partial charge is 0.493 e. The molecule has 2 aromatic heterocycles. The Labute approximate surface area is 112 Å². The second-order valence-corrected chi connectivity index (χ2v) is 4.73. The van der Waals surface area contributed by atoms with E-state index in [4.69, 9.17) is 10.5 Å². The Morgan fingerprint density at radius 3 is 2.37 bits per heavy atom. The predicted molar refractivity (Wildman–Crippen MR) is 72.0 cm³/mol. The maximum atomic E-state index is 6.26. The van der Waals surface area contributed by atoms with Gasteiger partial charge in [-0.15, -0.1) is 0 Å². The summed E-state index contributed by atoms with van der Waals surface area (Å²) in [6.07, 6.45) is 5.18. The predicted octanol–water partition coefficient (Wildman–Crippen LogP) is 1.62. The molecule has 1 unspecified atom stereocenters. The van der Waals surface area contributed by atoms with Crippen molar-refractivity contribution in [3.8, 4) is 5.75 Å². The highest BCUT2D eigenvalue weighted by Crippen LogP contribution is 2.28. The molecule has 0 amide bonds. The number of aromatic nitrogens is 4. The molecule has 0 aliphatic heterocycles. The van der Waals surface area contributed by atoms with Gasteiger partial charge in [-0.25, -0.2) is 9.97 Å². The van der Waals surface area contributed by atoms with Crippen LogP contribution in [-0.2, 0) is 0 Å². The SMILES string of the molecule is COc1cnn(C(C)C)c1C(N)c1ncc(C)cn1. The molecular weight excluding hydrogens is 242 g/mol. The van der Waals surface area contributed by atoms with Crippen LogP contribution in [0.3, 0.4) is 0 Å². The lowest BCUT2D eigenvalue weighted by atomic mass is 10.1. The van der Waals surface area contributed by atoms with E-state index < -0.39 is 6.04 Å². The van der Waals surface area contributed by atoms with Crippen molar-refractivity contribution in [2.24, 2.45) is 5.73 Å². The van der Waals surface area contributed by atoms with Gasteiger partial charge < -0.3 is 10.5 Å². The maximum absolute atomic E-state index is 6.26. The summed E-state index contributed by atoms with van der Waals surface area (Å²) >= 11 is 0. The summed E-state index contributed by atoms with van der Waals surface area (Å²) in [5.74, 6) is 1.22. The molecular formula is C13H19N5O. The summed E-state index contributed by atoms with van der Waals surface area (Å²) in [5.41, 5.74) is 8.05. The van der Waals surface area contributed by atoms with E-state index in [1.165, 1.54) is 0 Å². The fraction of sp³-hybridized carbons (Fsp3) is 0.462. The first-order chi connectivity index (χ1) is 9.04. The molecule has 2 N–H and O–H groups in total. The van der Waals surface area contributed by atoms with Crippen molar-refractivity contribution in [1.29, 1.82) is 0 Å². The Kier molecular flexibility index (Phi) is 3.80. The molecule has 0 saturated heterocycles. The molecule has 2 rings (SSSR count). The zero-order valence-electron chi connectivity index (χ0n) is 11.7. The van der Waals surface area contributed by atoms with Crippen LogP contribution in [0.15, 0.2) is 18.6 Å². The van der Waals surface area contributed by atoms with Crippen LogP contribution in [0.1, 0.15) is 43.0 Å². The molecule has 0 spiro atoms. The molecule has 0 aromatic carbocycles. The van der Waals surface area contributed by atoms with Gasteiger partial charge in [0, 0.05) is 18.4 Å². The Morgan fingerprint density at radius 1 is 1.21 bits per heavy atom. The Bertz CT molecular complexity index is 547. The minimum absolute atomic E-state index is 0.190. The van der Waals surface area contributed by atoms with Crippen LogP contribution in [0.4, 0.5) is 0 Å². The fourth-order valence-electron chi connectivity index (χ4n) is 1.91. The topological polar surface area (TPSA) is 78.9 Å². The average molecular weight is 261 g/mol. The minimum Gasteiger partial charge on any atom is -0.493 e. The second kappa shape index (κ2) is 5.36. The maximum Gasteiger partial charge on any atom is 0.162 e. The number of hydrogen-bond acceptors (Lipinski definition) is 5. The quantitative estimate of drug-likeness (QED) is 0.904. The lowest BCUT2D eigenvalue weighted by molar-refractivity contribution is 0.399. The van der Waals surface area contributed by atoms with Gasteiger partial charge in [0.1, 0.15) is 11.7 Å². The first kappa shape index (κ1) is 13.5. The van der Waals surface area contributed by atoms with Crippen LogP contribution < -0.4 is 10.5 Å². The molecule has 19 heavy (non-hydrogen) atoms. The van der Waals surface area contributed by atoms with Gasteiger partial charge in [-0.05, 0) is 26.3 Å². The van der Waals surface area contributed by atoms with Gasteiger partial charge >= 0.3 is 0 Å². The van der Waals surface area contributed by atoms with Gasteiger partial charge in [0.05, 0.1) is 13.3 Å². The van der Waals surface area contributed by atoms with Crippen LogP contribution in [0.5, 0.6) is 5.75 Å². The van der Waals surface area contributed by atoms with E-state index in [-0.39, 0.29) is 6.04 Å². The standard InChI is InChI=1S/C13H19N5O/c1-8(2)18-12(10(19-4)7-17-18)11(14)13-15-5-9(3)6-16-13/h5-8,11H,14H2,1-4H3. The highest BCUT2D eigenvalue weighted by molar-refractivity contribution is 5.32. The fourth-order valence-corrected chi connectivity index (χ4v) is 1.91. The first-order valence-electron chi connectivity index (χ1n) is 6.20. The highest BCUT2D eigenvalue weighted by atomic mass is 16.5. The van der Waals surface area contributed by atoms with Gasteiger partial charge in [-0.1, -0.05) is 0 Å². The van der Waals surface area contributed by atoms with Gasteiger partial charge in [-0.3, -0.25) is 4.68 Å². The van der Waals surface area contributed by atoms with Crippen LogP contribution in [0.25, 0.3) is 0 Å². The number of aryl methyl sites for hydroxylation is 1. The van der Waals surface area contributed by atoms with E-state index in [2.05, 4.69) is 15.1 Å². The number of ether oxygens (including phenoxy) is 1. The zero-order chi connectivity index (χ0) is 14.0. The summed E-state index contributed by atoms with van der Waals surface area (Å²) in [7, 11) is 1.61. The summed E-state index contributed by atoms with van der Waals surface area (Å²) < 4.78 is 7.16. The molecule has 0 aliphatic rings. The lowest BCUT2D eigenvalue weighted by Gasteiger charge is -2.17. The monoisotopic (exact) mass is 261 g/mol. The van der Waals surface area contributed by atoms with Crippen LogP contribution in [0, 0.1) is 6.92 Å². The van der Waals surface area contributed by atoms with Crippen molar-refractivity contribution in [3.63, 3.8) is 0 Å². The number of nitrogens with two attached hydrogens (primary N) is 1. The van der Waals surface area contributed by atoms with Crippen molar-refractivity contribution in [2.75, 3.05) is 7.11 Å². The van der Waals surface area contributed by atoms with E-state index in [9.17, 15) is 0 Å².